The molecule has 24 heavy (non-hydrogen) atoms. The van der Waals surface area contributed by atoms with Crippen LogP contribution in [0.15, 0.2) is 41.8 Å². The lowest BCUT2D eigenvalue weighted by Gasteiger charge is -2.36. The molecule has 1 aromatic heterocycles. The van der Waals surface area contributed by atoms with Crippen molar-refractivity contribution in [1.29, 1.82) is 0 Å². The topological polar surface area (TPSA) is 32.3 Å². The molecule has 4 nitrogen and oxygen atoms in total. The van der Waals surface area contributed by atoms with Crippen molar-refractivity contribution in [3.8, 4) is 0 Å². The molecular weight excluding hydrogens is 316 g/mol. The first-order valence-electron chi connectivity index (χ1n) is 8.55. The van der Waals surface area contributed by atoms with Gasteiger partial charge in [-0.15, -0.1) is 0 Å². The number of benzene rings is 1. The van der Waals surface area contributed by atoms with Gasteiger partial charge in [-0.25, -0.2) is 9.97 Å². The molecule has 5 heteroatoms. The van der Waals surface area contributed by atoms with Crippen LogP contribution in [-0.4, -0.2) is 52.2 Å². The van der Waals surface area contributed by atoms with E-state index in [9.17, 15) is 0 Å². The molecule has 0 saturated carbocycles. The van der Waals surface area contributed by atoms with E-state index < -0.39 is 0 Å². The minimum Gasteiger partial charge on any atom is -0.300 e. The highest BCUT2D eigenvalue weighted by atomic mass is 32.2. The van der Waals surface area contributed by atoms with Gasteiger partial charge in [-0.05, 0) is 37.4 Å². The minimum absolute atomic E-state index is 0.556. The zero-order valence-electron chi connectivity index (χ0n) is 14.8. The van der Waals surface area contributed by atoms with Crippen LogP contribution in [0.2, 0.25) is 0 Å². The summed E-state index contributed by atoms with van der Waals surface area (Å²) < 4.78 is 0. The molecule has 0 saturated heterocycles. The van der Waals surface area contributed by atoms with Crippen LogP contribution in [0, 0.1) is 0 Å². The Hall–Kier alpha value is -1.43. The van der Waals surface area contributed by atoms with Crippen molar-refractivity contribution in [2.75, 3.05) is 26.4 Å². The highest BCUT2D eigenvalue weighted by Gasteiger charge is 2.24. The van der Waals surface area contributed by atoms with E-state index in [0.29, 0.717) is 6.04 Å². The Balaban J connectivity index is 1.57. The summed E-state index contributed by atoms with van der Waals surface area (Å²) in [4.78, 5) is 13.7. The van der Waals surface area contributed by atoms with Crippen LogP contribution in [0.4, 0.5) is 0 Å². The number of thioether (sulfide) groups is 1. The molecule has 0 amide bonds. The Bertz CT molecular complexity index is 659. The van der Waals surface area contributed by atoms with Gasteiger partial charge in [0.05, 0.1) is 0 Å². The van der Waals surface area contributed by atoms with Crippen LogP contribution in [-0.2, 0) is 19.5 Å². The molecule has 128 valence electrons. The van der Waals surface area contributed by atoms with Crippen molar-refractivity contribution in [3.63, 3.8) is 0 Å². The first kappa shape index (κ1) is 17.4. The summed E-state index contributed by atoms with van der Waals surface area (Å²) in [6.07, 6.45) is 5.04. The molecule has 1 aliphatic heterocycles. The number of nitrogens with zero attached hydrogens (tertiary/aromatic N) is 4. The molecular formula is C19H26N4S. The normalized spacial score (nSPS) is 17.9. The van der Waals surface area contributed by atoms with Gasteiger partial charge in [0.25, 0.3) is 0 Å². The van der Waals surface area contributed by atoms with Crippen LogP contribution < -0.4 is 0 Å². The van der Waals surface area contributed by atoms with E-state index >= 15 is 0 Å². The van der Waals surface area contributed by atoms with Gasteiger partial charge < -0.3 is 4.90 Å². The number of rotatable bonds is 6. The van der Waals surface area contributed by atoms with E-state index in [1.165, 1.54) is 16.7 Å². The fraction of sp³-hybridized carbons (Fsp3) is 0.474. The van der Waals surface area contributed by atoms with E-state index in [1.54, 1.807) is 11.8 Å². The predicted molar refractivity (Wildman–Crippen MR) is 100 cm³/mol. The van der Waals surface area contributed by atoms with Crippen molar-refractivity contribution in [3.05, 3.63) is 53.3 Å². The van der Waals surface area contributed by atoms with Crippen LogP contribution in [0.25, 0.3) is 0 Å². The lowest BCUT2D eigenvalue weighted by molar-refractivity contribution is 0.158. The average molecular weight is 343 g/mol. The van der Waals surface area contributed by atoms with Crippen LogP contribution in [0.3, 0.4) is 0 Å². The smallest absolute Gasteiger partial charge is 0.187 e. The largest absolute Gasteiger partial charge is 0.300 e. The molecule has 0 unspecified atom stereocenters. The van der Waals surface area contributed by atoms with Crippen molar-refractivity contribution < 1.29 is 0 Å². The van der Waals surface area contributed by atoms with Crippen molar-refractivity contribution in [2.24, 2.45) is 0 Å². The third-order valence-electron chi connectivity index (χ3n) is 4.55. The van der Waals surface area contributed by atoms with E-state index in [2.05, 4.69) is 65.1 Å². The molecule has 1 aromatic carbocycles. The maximum atomic E-state index is 4.43. The fourth-order valence-electron chi connectivity index (χ4n) is 3.29. The van der Waals surface area contributed by atoms with Crippen molar-refractivity contribution in [2.45, 2.75) is 37.6 Å². The monoisotopic (exact) mass is 342 g/mol. The zero-order valence-corrected chi connectivity index (χ0v) is 15.6. The van der Waals surface area contributed by atoms with Gasteiger partial charge in [-0.1, -0.05) is 43.0 Å². The summed E-state index contributed by atoms with van der Waals surface area (Å²) in [6.45, 7) is 5.11. The maximum Gasteiger partial charge on any atom is 0.187 e. The van der Waals surface area contributed by atoms with Crippen LogP contribution in [0.1, 0.15) is 23.6 Å². The van der Waals surface area contributed by atoms with Gasteiger partial charge in [0.2, 0.25) is 0 Å². The molecule has 0 N–H and O–H groups in total. The van der Waals surface area contributed by atoms with Crippen LogP contribution in [0.5, 0.6) is 0 Å². The second-order valence-corrected chi connectivity index (χ2v) is 7.78. The Morgan fingerprint density at radius 1 is 1.21 bits per heavy atom. The second kappa shape index (κ2) is 8.10. The van der Waals surface area contributed by atoms with Gasteiger partial charge in [-0.3, -0.25) is 4.90 Å². The maximum absolute atomic E-state index is 4.43. The standard InChI is InChI=1S/C19H26N4S/c1-4-24-19-20-10-15(11-21-19)12-22(2)14-18-9-16-7-5-6-8-17(16)13-23(18)3/h5-8,10-11,18H,4,9,12-14H2,1-3H3/t18-/m1/s1. The zero-order chi connectivity index (χ0) is 16.9. The Morgan fingerprint density at radius 3 is 2.62 bits per heavy atom. The summed E-state index contributed by atoms with van der Waals surface area (Å²) in [5, 5.41) is 0.868. The lowest BCUT2D eigenvalue weighted by atomic mass is 9.94. The Labute approximate surface area is 149 Å². The molecule has 1 atom stereocenters. The highest BCUT2D eigenvalue weighted by molar-refractivity contribution is 7.99. The first-order chi connectivity index (χ1) is 11.7. The summed E-state index contributed by atoms with van der Waals surface area (Å²) in [7, 11) is 4.41. The van der Waals surface area contributed by atoms with Gasteiger partial charge >= 0.3 is 0 Å². The molecule has 0 bridgehead atoms. The lowest BCUT2D eigenvalue weighted by Crippen LogP contribution is -2.44. The van der Waals surface area contributed by atoms with Crippen molar-refractivity contribution >= 4 is 11.8 Å². The van der Waals surface area contributed by atoms with Gasteiger partial charge in [0.1, 0.15) is 0 Å². The molecule has 0 fully saturated rings. The number of likely N-dealkylation sites (N-methyl/N-ethyl adjacent to an activating group) is 2. The SMILES string of the molecule is CCSc1ncc(CN(C)C[C@H]2Cc3ccccc3CN2C)cn1. The number of fused-ring (bicyclic) bond motifs is 1. The number of aromatic nitrogens is 2. The summed E-state index contributed by atoms with van der Waals surface area (Å²) in [6, 6.07) is 9.37. The minimum atomic E-state index is 0.556. The predicted octanol–water partition coefficient (Wildman–Crippen LogP) is 3.08. The molecule has 0 radical (unpaired) electrons. The van der Waals surface area contributed by atoms with Gasteiger partial charge in [0.15, 0.2) is 5.16 Å². The highest BCUT2D eigenvalue weighted by Crippen LogP contribution is 2.22. The molecule has 3 rings (SSSR count). The van der Waals surface area contributed by atoms with E-state index in [0.717, 1.165) is 37.0 Å². The third kappa shape index (κ3) is 4.35. The Morgan fingerprint density at radius 2 is 1.92 bits per heavy atom. The van der Waals surface area contributed by atoms with E-state index in [1.807, 2.05) is 12.4 Å². The van der Waals surface area contributed by atoms with Crippen molar-refractivity contribution in [1.82, 2.24) is 19.8 Å². The molecule has 0 aliphatic carbocycles. The third-order valence-corrected chi connectivity index (χ3v) is 5.30. The molecule has 1 aliphatic rings. The van der Waals surface area contributed by atoms with E-state index in [-0.39, 0.29) is 0 Å². The van der Waals surface area contributed by atoms with Gasteiger partial charge in [0, 0.05) is 43.6 Å². The number of hydrogen-bond donors (Lipinski definition) is 0. The molecule has 2 aromatic rings. The van der Waals surface area contributed by atoms with Crippen LogP contribution >= 0.6 is 11.8 Å². The first-order valence-corrected chi connectivity index (χ1v) is 9.53. The summed E-state index contributed by atoms with van der Waals surface area (Å²) in [5.74, 6) is 1.01. The summed E-state index contributed by atoms with van der Waals surface area (Å²) in [5.41, 5.74) is 4.14. The number of hydrogen-bond acceptors (Lipinski definition) is 5. The summed E-state index contributed by atoms with van der Waals surface area (Å²) >= 11 is 1.68. The van der Waals surface area contributed by atoms with E-state index in [4.69, 9.17) is 0 Å². The molecule has 0 spiro atoms. The fourth-order valence-corrected chi connectivity index (χ4v) is 3.80. The van der Waals surface area contributed by atoms with Gasteiger partial charge in [-0.2, -0.15) is 0 Å². The quantitative estimate of drug-likeness (QED) is 0.595. The second-order valence-electron chi connectivity index (χ2n) is 6.55. The average Bonchev–Trinajstić information content (AvgIpc) is 2.57. The Kier molecular flexibility index (Phi) is 5.87. The molecule has 2 heterocycles.